The summed E-state index contributed by atoms with van der Waals surface area (Å²) in [6.07, 6.45) is 5.00. The minimum atomic E-state index is -1.26. The van der Waals surface area contributed by atoms with Crippen molar-refractivity contribution in [2.45, 2.75) is 37.5 Å². The van der Waals surface area contributed by atoms with E-state index in [0.717, 1.165) is 16.7 Å². The summed E-state index contributed by atoms with van der Waals surface area (Å²) in [4.78, 5) is 58.8. The summed E-state index contributed by atoms with van der Waals surface area (Å²) in [5, 5.41) is 9.27. The number of benzene rings is 3. The predicted molar refractivity (Wildman–Crippen MR) is 173 cm³/mol. The fourth-order valence-corrected chi connectivity index (χ4v) is 8.68. The van der Waals surface area contributed by atoms with E-state index >= 15 is 0 Å². The number of allylic oxidation sites excluding steroid dienone is 4. The molecule has 1 saturated carbocycles. The number of likely N-dealkylation sites (tertiary alicyclic amines) is 1. The lowest BCUT2D eigenvalue weighted by atomic mass is 9.44. The van der Waals surface area contributed by atoms with Crippen LogP contribution in [-0.4, -0.2) is 53.1 Å². The number of imide groups is 1. The second-order valence-electron chi connectivity index (χ2n) is 12.8. The molecule has 46 heavy (non-hydrogen) atoms. The summed E-state index contributed by atoms with van der Waals surface area (Å²) >= 11 is 0. The van der Waals surface area contributed by atoms with Crippen LogP contribution in [0, 0.1) is 23.7 Å². The van der Waals surface area contributed by atoms with Crippen LogP contribution in [0.4, 0.5) is 0 Å². The molecule has 0 radical (unpaired) electrons. The molecule has 1 N–H and O–H groups in total. The standard InChI is InChI=1S/C39H37NO6/c1-2-19-40-37(44)29-18-17-28-31(34(29)38(40)45)22-32-36(43)30(24-9-5-3-6-10-24)23-33(42)39(32,26-11-7-4-8-12-26)35(28)25-13-15-27(16-14-25)46-21-20-41/h3-17,23,29,31-32,34-35,41H,2,18-22H2,1H3. The maximum atomic E-state index is 15.0. The highest BCUT2D eigenvalue weighted by Crippen LogP contribution is 2.63. The maximum Gasteiger partial charge on any atom is 0.233 e. The number of ketones is 2. The molecular formula is C39H37NO6. The number of amides is 2. The molecule has 7 rings (SSSR count). The Kier molecular flexibility index (Phi) is 7.81. The lowest BCUT2D eigenvalue weighted by Gasteiger charge is -2.55. The molecule has 0 aromatic heterocycles. The summed E-state index contributed by atoms with van der Waals surface area (Å²) in [5.41, 5.74) is 2.36. The van der Waals surface area contributed by atoms with Crippen molar-refractivity contribution >= 4 is 29.0 Å². The highest BCUT2D eigenvalue weighted by molar-refractivity contribution is 6.31. The number of nitrogens with zero attached hydrogens (tertiary/aromatic N) is 1. The first-order valence-electron chi connectivity index (χ1n) is 16.2. The molecule has 2 fully saturated rings. The van der Waals surface area contributed by atoms with E-state index in [1.807, 2.05) is 91.9 Å². The van der Waals surface area contributed by atoms with Gasteiger partial charge in [0.25, 0.3) is 0 Å². The zero-order valence-electron chi connectivity index (χ0n) is 25.8. The normalized spacial score (nSPS) is 28.7. The van der Waals surface area contributed by atoms with Crippen LogP contribution >= 0.6 is 0 Å². The van der Waals surface area contributed by atoms with Gasteiger partial charge in [-0.15, -0.1) is 0 Å². The third kappa shape index (κ3) is 4.51. The number of Topliss-reactive ketones (excluding diaryl/α,β-unsaturated/α-hetero) is 1. The molecule has 7 heteroatoms. The Labute approximate surface area is 268 Å². The second kappa shape index (κ2) is 12.0. The number of fused-ring (bicyclic) bond motifs is 4. The summed E-state index contributed by atoms with van der Waals surface area (Å²) in [6, 6.07) is 26.4. The minimum absolute atomic E-state index is 0.116. The smallest absolute Gasteiger partial charge is 0.233 e. The van der Waals surface area contributed by atoms with E-state index in [1.165, 1.54) is 11.0 Å². The molecule has 2 amide bonds. The monoisotopic (exact) mass is 615 g/mol. The molecular weight excluding hydrogens is 578 g/mol. The Bertz CT molecular complexity index is 1740. The Morgan fingerprint density at radius 3 is 2.24 bits per heavy atom. The number of ether oxygens (including phenoxy) is 1. The highest BCUT2D eigenvalue weighted by atomic mass is 16.5. The van der Waals surface area contributed by atoms with Crippen molar-refractivity contribution in [2.24, 2.45) is 23.7 Å². The first-order valence-corrected chi connectivity index (χ1v) is 16.2. The molecule has 0 bridgehead atoms. The van der Waals surface area contributed by atoms with E-state index in [2.05, 4.69) is 6.08 Å². The van der Waals surface area contributed by atoms with Crippen LogP contribution in [0.1, 0.15) is 48.8 Å². The van der Waals surface area contributed by atoms with Crippen molar-refractivity contribution in [3.63, 3.8) is 0 Å². The van der Waals surface area contributed by atoms with Crippen LogP contribution in [0.2, 0.25) is 0 Å². The minimum Gasteiger partial charge on any atom is -0.491 e. The first kappa shape index (κ1) is 30.1. The van der Waals surface area contributed by atoms with Crippen LogP contribution in [0.15, 0.2) is 103 Å². The van der Waals surface area contributed by atoms with E-state index in [0.29, 0.717) is 42.7 Å². The number of aliphatic hydroxyl groups excluding tert-OH is 1. The molecule has 6 unspecified atom stereocenters. The van der Waals surface area contributed by atoms with Gasteiger partial charge in [0.05, 0.1) is 23.9 Å². The van der Waals surface area contributed by atoms with Crippen molar-refractivity contribution in [3.05, 3.63) is 119 Å². The van der Waals surface area contributed by atoms with Gasteiger partial charge in [-0.25, -0.2) is 0 Å². The summed E-state index contributed by atoms with van der Waals surface area (Å²) in [6.45, 7) is 2.37. The average Bonchev–Trinajstić information content (AvgIpc) is 3.34. The van der Waals surface area contributed by atoms with Gasteiger partial charge in [0.15, 0.2) is 11.6 Å². The molecule has 1 saturated heterocycles. The molecule has 7 nitrogen and oxygen atoms in total. The first-order chi connectivity index (χ1) is 22.4. The van der Waals surface area contributed by atoms with Crippen LogP contribution in [0.25, 0.3) is 5.57 Å². The van der Waals surface area contributed by atoms with Crippen LogP contribution in [-0.2, 0) is 24.6 Å². The van der Waals surface area contributed by atoms with Gasteiger partial charge in [0, 0.05) is 24.0 Å². The van der Waals surface area contributed by atoms with E-state index in [4.69, 9.17) is 4.74 Å². The second-order valence-corrected chi connectivity index (χ2v) is 12.8. The predicted octanol–water partition coefficient (Wildman–Crippen LogP) is 5.29. The topological polar surface area (TPSA) is 101 Å². The Morgan fingerprint density at radius 1 is 0.870 bits per heavy atom. The number of carbonyl (C=O) groups is 4. The van der Waals surface area contributed by atoms with Crippen molar-refractivity contribution in [1.82, 2.24) is 4.90 Å². The van der Waals surface area contributed by atoms with Gasteiger partial charge in [0.1, 0.15) is 12.4 Å². The highest BCUT2D eigenvalue weighted by Gasteiger charge is 2.65. The summed E-state index contributed by atoms with van der Waals surface area (Å²) < 4.78 is 5.66. The number of aliphatic hydroxyl groups is 1. The van der Waals surface area contributed by atoms with Crippen molar-refractivity contribution in [1.29, 1.82) is 0 Å². The van der Waals surface area contributed by atoms with E-state index in [9.17, 15) is 24.3 Å². The molecule has 1 heterocycles. The Morgan fingerprint density at radius 2 is 1.57 bits per heavy atom. The van der Waals surface area contributed by atoms with Gasteiger partial charge in [-0.1, -0.05) is 91.4 Å². The van der Waals surface area contributed by atoms with Gasteiger partial charge < -0.3 is 9.84 Å². The summed E-state index contributed by atoms with van der Waals surface area (Å²) in [7, 11) is 0. The van der Waals surface area contributed by atoms with Gasteiger partial charge in [-0.05, 0) is 60.1 Å². The Balaban J connectivity index is 1.46. The fraction of sp³-hybridized carbons (Fsp3) is 0.333. The van der Waals surface area contributed by atoms with E-state index < -0.39 is 29.1 Å². The zero-order valence-corrected chi connectivity index (χ0v) is 25.8. The lowest BCUT2D eigenvalue weighted by molar-refractivity contribution is -0.140. The SMILES string of the molecule is CCCN1C(=O)C2CC=C3C(CC4C(=O)C(c5ccccc5)=CC(=O)C4(c4ccccc4)C3c3ccc(OCCO)cc3)C2C1=O. The quantitative estimate of drug-likeness (QED) is 0.273. The molecule has 1 aliphatic heterocycles. The lowest BCUT2D eigenvalue weighted by Crippen LogP contribution is -2.58. The number of hydrogen-bond donors (Lipinski definition) is 1. The van der Waals surface area contributed by atoms with Gasteiger partial charge in [0.2, 0.25) is 11.8 Å². The largest absolute Gasteiger partial charge is 0.491 e. The molecule has 234 valence electrons. The van der Waals surface area contributed by atoms with E-state index in [-0.39, 0.29) is 42.5 Å². The number of rotatable bonds is 8. The van der Waals surface area contributed by atoms with Crippen molar-refractivity contribution in [2.75, 3.05) is 19.8 Å². The average molecular weight is 616 g/mol. The molecule has 4 aliphatic rings. The molecule has 0 spiro atoms. The van der Waals surface area contributed by atoms with Gasteiger partial charge in [-0.2, -0.15) is 0 Å². The molecule has 3 aliphatic carbocycles. The van der Waals surface area contributed by atoms with Crippen LogP contribution in [0.3, 0.4) is 0 Å². The van der Waals surface area contributed by atoms with Gasteiger partial charge >= 0.3 is 0 Å². The third-order valence-electron chi connectivity index (χ3n) is 10.5. The van der Waals surface area contributed by atoms with Crippen molar-refractivity contribution < 1.29 is 29.0 Å². The van der Waals surface area contributed by atoms with Crippen molar-refractivity contribution in [3.8, 4) is 5.75 Å². The molecule has 6 atom stereocenters. The maximum absolute atomic E-state index is 15.0. The number of hydrogen-bond acceptors (Lipinski definition) is 6. The Hall–Kier alpha value is -4.62. The molecule has 3 aromatic rings. The number of carbonyl (C=O) groups excluding carboxylic acids is 4. The van der Waals surface area contributed by atoms with Crippen LogP contribution < -0.4 is 4.74 Å². The van der Waals surface area contributed by atoms with Gasteiger partial charge in [-0.3, -0.25) is 24.1 Å². The third-order valence-corrected chi connectivity index (χ3v) is 10.5. The fourth-order valence-electron chi connectivity index (χ4n) is 8.68. The van der Waals surface area contributed by atoms with Crippen LogP contribution in [0.5, 0.6) is 5.75 Å². The summed E-state index contributed by atoms with van der Waals surface area (Å²) in [5.74, 6) is -2.71. The zero-order chi connectivity index (χ0) is 32.0. The molecule has 3 aromatic carbocycles. The van der Waals surface area contributed by atoms with E-state index in [1.54, 1.807) is 0 Å².